The molecule has 1 fully saturated rings. The summed E-state index contributed by atoms with van der Waals surface area (Å²) in [6.45, 7) is 7.37. The number of hydrogen-bond donors (Lipinski definition) is 0. The minimum absolute atomic E-state index is 0.0325. The fraction of sp³-hybridized carbons (Fsp3) is 0.350. The molecule has 1 aromatic carbocycles. The zero-order valence-electron chi connectivity index (χ0n) is 15.8. The lowest BCUT2D eigenvalue weighted by atomic mass is 10.2. The largest absolute Gasteiger partial charge is 0.353 e. The second kappa shape index (κ2) is 7.03. The molecule has 1 aliphatic rings. The SMILES string of the molecule is Cc1cnn2ccn(CCN3CCN(c4nsc5ccccc45)CC3)c(=O)c12. The summed E-state index contributed by atoms with van der Waals surface area (Å²) in [6, 6.07) is 8.42. The Morgan fingerprint density at radius 1 is 1.07 bits per heavy atom. The van der Waals surface area contributed by atoms with E-state index < -0.39 is 0 Å². The summed E-state index contributed by atoms with van der Waals surface area (Å²) >= 11 is 1.57. The van der Waals surface area contributed by atoms with E-state index in [4.69, 9.17) is 0 Å². The van der Waals surface area contributed by atoms with Gasteiger partial charge in [0.25, 0.3) is 5.56 Å². The molecular formula is C20H22N6OS. The second-order valence-electron chi connectivity index (χ2n) is 7.25. The van der Waals surface area contributed by atoms with Crippen LogP contribution in [0.25, 0.3) is 15.6 Å². The summed E-state index contributed by atoms with van der Waals surface area (Å²) in [5.74, 6) is 1.11. The number of hydrogen-bond acceptors (Lipinski definition) is 6. The van der Waals surface area contributed by atoms with Gasteiger partial charge in [0.05, 0.1) is 10.9 Å². The Hall–Kier alpha value is -2.71. The van der Waals surface area contributed by atoms with Crippen LogP contribution in [0.5, 0.6) is 0 Å². The van der Waals surface area contributed by atoms with Gasteiger partial charge in [-0.3, -0.25) is 9.69 Å². The molecule has 3 aromatic heterocycles. The first-order chi connectivity index (χ1) is 13.7. The molecule has 0 saturated carbocycles. The molecule has 5 rings (SSSR count). The van der Waals surface area contributed by atoms with E-state index in [9.17, 15) is 4.79 Å². The van der Waals surface area contributed by atoms with Gasteiger partial charge in [-0.1, -0.05) is 12.1 Å². The Balaban J connectivity index is 1.24. The van der Waals surface area contributed by atoms with Crippen LogP contribution in [-0.2, 0) is 6.54 Å². The van der Waals surface area contributed by atoms with Gasteiger partial charge in [0.1, 0.15) is 11.3 Å². The molecule has 0 aliphatic carbocycles. The van der Waals surface area contributed by atoms with Gasteiger partial charge in [-0.2, -0.15) is 9.47 Å². The van der Waals surface area contributed by atoms with Crippen LogP contribution in [0.4, 0.5) is 5.82 Å². The molecular weight excluding hydrogens is 372 g/mol. The lowest BCUT2D eigenvalue weighted by molar-refractivity contribution is 0.247. The normalized spacial score (nSPS) is 15.7. The molecule has 4 aromatic rings. The Labute approximate surface area is 166 Å². The Kier molecular flexibility index (Phi) is 4.37. The minimum atomic E-state index is 0.0325. The fourth-order valence-electron chi connectivity index (χ4n) is 3.88. The lowest BCUT2D eigenvalue weighted by Crippen LogP contribution is -2.47. The third-order valence-corrected chi connectivity index (χ3v) is 6.33. The van der Waals surface area contributed by atoms with E-state index in [0.717, 1.165) is 44.1 Å². The quantitative estimate of drug-likeness (QED) is 0.531. The van der Waals surface area contributed by atoms with Crippen LogP contribution < -0.4 is 10.5 Å². The summed E-state index contributed by atoms with van der Waals surface area (Å²) in [5, 5.41) is 5.45. The van der Waals surface area contributed by atoms with Gasteiger partial charge in [0.2, 0.25) is 0 Å². The van der Waals surface area contributed by atoms with E-state index in [1.165, 1.54) is 10.1 Å². The van der Waals surface area contributed by atoms with Crippen LogP contribution in [0.1, 0.15) is 5.56 Å². The molecule has 28 heavy (non-hydrogen) atoms. The van der Waals surface area contributed by atoms with Crippen molar-refractivity contribution in [2.75, 3.05) is 37.6 Å². The molecule has 1 aliphatic heterocycles. The van der Waals surface area contributed by atoms with Gasteiger partial charge < -0.3 is 9.47 Å². The number of benzene rings is 1. The summed E-state index contributed by atoms with van der Waals surface area (Å²) < 4.78 is 9.37. The lowest BCUT2D eigenvalue weighted by Gasteiger charge is -2.35. The first-order valence-electron chi connectivity index (χ1n) is 9.56. The first-order valence-corrected chi connectivity index (χ1v) is 10.3. The van der Waals surface area contributed by atoms with E-state index in [0.29, 0.717) is 12.1 Å². The highest BCUT2D eigenvalue weighted by Gasteiger charge is 2.20. The summed E-state index contributed by atoms with van der Waals surface area (Å²) in [5.41, 5.74) is 1.62. The standard InChI is InChI=1S/C20H22N6OS/c1-15-14-21-26-13-12-25(20(27)18(15)26)11-8-23-6-9-24(10-7-23)19-16-4-2-3-5-17(16)28-22-19/h2-5,12-14H,6-11H2,1H3. The Bertz CT molecular complexity index is 1180. The van der Waals surface area contributed by atoms with Crippen molar-refractivity contribution >= 4 is 33.0 Å². The Morgan fingerprint density at radius 3 is 2.75 bits per heavy atom. The summed E-state index contributed by atoms with van der Waals surface area (Å²) in [6.07, 6.45) is 5.43. The third kappa shape index (κ3) is 2.98. The predicted molar refractivity (Wildman–Crippen MR) is 112 cm³/mol. The van der Waals surface area contributed by atoms with Gasteiger partial charge in [-0.25, -0.2) is 4.52 Å². The number of piperazine rings is 1. The van der Waals surface area contributed by atoms with Crippen molar-refractivity contribution in [1.82, 2.24) is 23.5 Å². The molecule has 7 nitrogen and oxygen atoms in total. The van der Waals surface area contributed by atoms with Crippen LogP contribution in [0, 0.1) is 6.92 Å². The molecule has 1 saturated heterocycles. The molecule has 0 N–H and O–H groups in total. The zero-order valence-corrected chi connectivity index (χ0v) is 16.6. The van der Waals surface area contributed by atoms with E-state index in [-0.39, 0.29) is 5.56 Å². The van der Waals surface area contributed by atoms with Gasteiger partial charge in [-0.15, -0.1) is 0 Å². The monoisotopic (exact) mass is 394 g/mol. The van der Waals surface area contributed by atoms with E-state index in [1.807, 2.05) is 19.3 Å². The van der Waals surface area contributed by atoms with Crippen molar-refractivity contribution in [2.45, 2.75) is 13.5 Å². The number of fused-ring (bicyclic) bond motifs is 2. The number of aromatic nitrogens is 4. The van der Waals surface area contributed by atoms with Crippen molar-refractivity contribution < 1.29 is 0 Å². The maximum absolute atomic E-state index is 12.7. The average Bonchev–Trinajstić information content (AvgIpc) is 3.32. The fourth-order valence-corrected chi connectivity index (χ4v) is 4.68. The predicted octanol–water partition coefficient (Wildman–Crippen LogP) is 2.24. The molecule has 0 radical (unpaired) electrons. The molecule has 0 bridgehead atoms. The molecule has 0 spiro atoms. The van der Waals surface area contributed by atoms with Gasteiger partial charge in [0.15, 0.2) is 0 Å². The number of rotatable bonds is 4. The van der Waals surface area contributed by atoms with Gasteiger partial charge >= 0.3 is 0 Å². The number of nitrogens with zero attached hydrogens (tertiary/aromatic N) is 6. The third-order valence-electron chi connectivity index (χ3n) is 5.52. The van der Waals surface area contributed by atoms with Crippen molar-refractivity contribution in [1.29, 1.82) is 0 Å². The number of anilines is 1. The molecule has 8 heteroatoms. The van der Waals surface area contributed by atoms with Gasteiger partial charge in [-0.05, 0) is 30.6 Å². The highest BCUT2D eigenvalue weighted by molar-refractivity contribution is 7.13. The van der Waals surface area contributed by atoms with Crippen molar-refractivity contribution in [3.63, 3.8) is 0 Å². The molecule has 144 valence electrons. The van der Waals surface area contributed by atoms with Gasteiger partial charge in [0, 0.05) is 62.6 Å². The smallest absolute Gasteiger partial charge is 0.276 e. The zero-order chi connectivity index (χ0) is 19.1. The molecule has 4 heterocycles. The van der Waals surface area contributed by atoms with Crippen LogP contribution in [-0.4, -0.2) is 56.2 Å². The van der Waals surface area contributed by atoms with Crippen molar-refractivity contribution in [3.05, 3.63) is 58.8 Å². The number of aryl methyl sites for hydroxylation is 1. The van der Waals surface area contributed by atoms with E-state index in [2.05, 4.69) is 43.5 Å². The van der Waals surface area contributed by atoms with Crippen molar-refractivity contribution in [2.24, 2.45) is 0 Å². The first kappa shape index (κ1) is 17.4. The average molecular weight is 395 g/mol. The summed E-state index contributed by atoms with van der Waals surface area (Å²) in [4.78, 5) is 17.5. The van der Waals surface area contributed by atoms with Crippen LogP contribution in [0.3, 0.4) is 0 Å². The van der Waals surface area contributed by atoms with E-state index in [1.54, 1.807) is 26.8 Å². The van der Waals surface area contributed by atoms with Crippen molar-refractivity contribution in [3.8, 4) is 0 Å². The summed E-state index contributed by atoms with van der Waals surface area (Å²) in [7, 11) is 0. The topological polar surface area (TPSA) is 58.7 Å². The molecule has 0 atom stereocenters. The minimum Gasteiger partial charge on any atom is -0.353 e. The second-order valence-corrected chi connectivity index (χ2v) is 8.05. The van der Waals surface area contributed by atoms with Crippen LogP contribution >= 0.6 is 11.5 Å². The van der Waals surface area contributed by atoms with Crippen LogP contribution in [0.2, 0.25) is 0 Å². The molecule has 0 unspecified atom stereocenters. The molecule has 0 amide bonds. The maximum atomic E-state index is 12.7. The van der Waals surface area contributed by atoms with Crippen LogP contribution in [0.15, 0.2) is 47.7 Å². The van der Waals surface area contributed by atoms with E-state index >= 15 is 0 Å². The maximum Gasteiger partial charge on any atom is 0.276 e. The Morgan fingerprint density at radius 2 is 1.89 bits per heavy atom. The highest BCUT2D eigenvalue weighted by atomic mass is 32.1. The highest BCUT2D eigenvalue weighted by Crippen LogP contribution is 2.29.